The van der Waals surface area contributed by atoms with Gasteiger partial charge in [0.05, 0.1) is 35.4 Å². The summed E-state index contributed by atoms with van der Waals surface area (Å²) in [5, 5.41) is 1.31. The van der Waals surface area contributed by atoms with Crippen molar-refractivity contribution in [2.75, 3.05) is 26.2 Å². The zero-order chi connectivity index (χ0) is 17.0. The van der Waals surface area contributed by atoms with Crippen LogP contribution in [0.4, 0.5) is 0 Å². The van der Waals surface area contributed by atoms with Crippen molar-refractivity contribution < 1.29 is 13.3 Å². The Morgan fingerprint density at radius 2 is 1.83 bits per heavy atom. The van der Waals surface area contributed by atoms with E-state index in [9.17, 15) is 8.42 Å². The molecule has 0 saturated carbocycles. The van der Waals surface area contributed by atoms with E-state index >= 15 is 0 Å². The third kappa shape index (κ3) is 4.68. The monoisotopic (exact) mass is 383 g/mol. The molecule has 24 heavy (non-hydrogen) atoms. The van der Waals surface area contributed by atoms with Gasteiger partial charge in [-0.15, -0.1) is 11.3 Å². The normalized spacial score (nSPS) is 17.5. The molecule has 0 unspecified atom stereocenters. The highest BCUT2D eigenvalue weighted by atomic mass is 35.5. The summed E-state index contributed by atoms with van der Waals surface area (Å²) in [5.74, 6) is 0. The molecule has 2 heterocycles. The van der Waals surface area contributed by atoms with Crippen molar-refractivity contribution in [3.63, 3.8) is 0 Å². The Hall–Kier alpha value is -1.18. The van der Waals surface area contributed by atoms with E-state index in [0.717, 1.165) is 29.5 Å². The number of rotatable bonds is 5. The Bertz CT molecular complexity index is 795. The van der Waals surface area contributed by atoms with Gasteiger partial charge in [-0.3, -0.25) is 0 Å². The zero-order valence-electron chi connectivity index (χ0n) is 13.2. The Morgan fingerprint density at radius 1 is 1.12 bits per heavy atom. The molecule has 1 aliphatic rings. The highest BCUT2D eigenvalue weighted by molar-refractivity contribution is 7.92. The van der Waals surface area contributed by atoms with Gasteiger partial charge in [0.1, 0.15) is 6.54 Å². The number of halogens is 1. The number of thiophene rings is 1. The average Bonchev–Trinajstić information content (AvgIpc) is 2.99. The molecule has 1 saturated heterocycles. The molecule has 128 valence electrons. The summed E-state index contributed by atoms with van der Waals surface area (Å²) < 4.78 is 27.3. The number of nitrogens with one attached hydrogen (secondary N) is 1. The zero-order valence-corrected chi connectivity index (χ0v) is 15.6. The molecule has 0 aliphatic carbocycles. The van der Waals surface area contributed by atoms with Crippen molar-refractivity contribution in [3.8, 4) is 0 Å². The molecule has 0 spiro atoms. The third-order valence-electron chi connectivity index (χ3n) is 4.07. The first-order valence-electron chi connectivity index (χ1n) is 7.84. The smallest absolute Gasteiger partial charge is 0.236 e. The Balaban J connectivity index is 1.56. The van der Waals surface area contributed by atoms with Gasteiger partial charge in [-0.05, 0) is 23.8 Å². The molecule has 0 amide bonds. The van der Waals surface area contributed by atoms with E-state index in [-0.39, 0.29) is 0 Å². The Labute approximate surface area is 152 Å². The molecule has 1 aromatic carbocycles. The van der Waals surface area contributed by atoms with Crippen molar-refractivity contribution >= 4 is 39.0 Å². The first-order chi connectivity index (χ1) is 11.5. The number of hydrogen-bond acceptors (Lipinski definition) is 3. The van der Waals surface area contributed by atoms with Crippen LogP contribution in [0.15, 0.2) is 47.9 Å². The molecule has 1 aliphatic heterocycles. The summed E-state index contributed by atoms with van der Waals surface area (Å²) in [5.41, 5.74) is 0.889. The lowest BCUT2D eigenvalue weighted by molar-refractivity contribution is -0.917. The molecule has 0 bridgehead atoms. The quantitative estimate of drug-likeness (QED) is 0.859. The van der Waals surface area contributed by atoms with Gasteiger partial charge in [0.2, 0.25) is 10.0 Å². The first-order valence-corrected chi connectivity index (χ1v) is 10.5. The summed E-state index contributed by atoms with van der Waals surface area (Å²) in [7, 11) is -3.35. The van der Waals surface area contributed by atoms with E-state index in [1.165, 1.54) is 15.2 Å². The van der Waals surface area contributed by atoms with Gasteiger partial charge >= 0.3 is 0 Å². The Morgan fingerprint density at radius 3 is 2.46 bits per heavy atom. The minimum absolute atomic E-state index is 0.551. The van der Waals surface area contributed by atoms with Crippen LogP contribution in [-0.4, -0.2) is 38.9 Å². The van der Waals surface area contributed by atoms with Crippen LogP contribution in [0.3, 0.4) is 0 Å². The number of piperazine rings is 1. The second-order valence-corrected chi connectivity index (χ2v) is 9.41. The van der Waals surface area contributed by atoms with E-state index in [4.69, 9.17) is 11.6 Å². The molecule has 2 aromatic rings. The summed E-state index contributed by atoms with van der Waals surface area (Å²) in [6.45, 7) is 3.64. The minimum atomic E-state index is -3.35. The van der Waals surface area contributed by atoms with Crippen molar-refractivity contribution in [3.05, 3.63) is 62.6 Å². The second kappa shape index (κ2) is 7.80. The predicted octanol–water partition coefficient (Wildman–Crippen LogP) is 2.10. The number of quaternary nitrogens is 1. The number of benzene rings is 1. The fourth-order valence-corrected chi connectivity index (χ4v) is 5.09. The van der Waals surface area contributed by atoms with E-state index in [0.29, 0.717) is 13.1 Å². The van der Waals surface area contributed by atoms with Gasteiger partial charge in [0.25, 0.3) is 0 Å². The van der Waals surface area contributed by atoms with Crippen molar-refractivity contribution in [2.45, 2.75) is 6.54 Å². The summed E-state index contributed by atoms with van der Waals surface area (Å²) in [6, 6.07) is 13.4. The average molecular weight is 384 g/mol. The van der Waals surface area contributed by atoms with Crippen LogP contribution in [0.1, 0.15) is 10.4 Å². The molecule has 1 N–H and O–H groups in total. The van der Waals surface area contributed by atoms with E-state index in [1.807, 2.05) is 42.5 Å². The van der Waals surface area contributed by atoms with E-state index in [1.54, 1.807) is 21.7 Å². The van der Waals surface area contributed by atoms with Gasteiger partial charge in [-0.2, -0.15) is 4.31 Å². The summed E-state index contributed by atoms with van der Waals surface area (Å²) in [6.07, 6.45) is 1.65. The number of sulfonamides is 1. The van der Waals surface area contributed by atoms with Crippen molar-refractivity contribution in [2.24, 2.45) is 0 Å². The lowest BCUT2D eigenvalue weighted by Gasteiger charge is -2.30. The summed E-state index contributed by atoms with van der Waals surface area (Å²) >= 11 is 7.56. The molecular weight excluding hydrogens is 364 g/mol. The highest BCUT2D eigenvalue weighted by Crippen LogP contribution is 2.20. The van der Waals surface area contributed by atoms with Crippen LogP contribution < -0.4 is 4.90 Å². The maximum atomic E-state index is 12.4. The second-order valence-electron chi connectivity index (χ2n) is 5.79. The highest BCUT2D eigenvalue weighted by Gasteiger charge is 2.27. The standard InChI is InChI=1S/C17H19ClN2O2S2/c18-17-7-6-16(23-17)14-19-9-11-20(12-10-19)24(21,22)13-8-15-4-2-1-3-5-15/h1-8,13H,9-12,14H2/p+1/b13-8+. The van der Waals surface area contributed by atoms with Gasteiger partial charge in [0, 0.05) is 5.41 Å². The van der Waals surface area contributed by atoms with Crippen LogP contribution >= 0.6 is 22.9 Å². The van der Waals surface area contributed by atoms with E-state index in [2.05, 4.69) is 0 Å². The number of hydrogen-bond donors (Lipinski definition) is 1. The topological polar surface area (TPSA) is 41.8 Å². The van der Waals surface area contributed by atoms with Crippen LogP contribution in [-0.2, 0) is 16.6 Å². The fraction of sp³-hybridized carbons (Fsp3) is 0.294. The molecule has 1 aromatic heterocycles. The van der Waals surface area contributed by atoms with Gasteiger partial charge < -0.3 is 4.90 Å². The predicted molar refractivity (Wildman–Crippen MR) is 99.7 cm³/mol. The maximum Gasteiger partial charge on any atom is 0.236 e. The van der Waals surface area contributed by atoms with Gasteiger partial charge in [0.15, 0.2) is 0 Å². The molecular formula is C17H20ClN2O2S2+. The van der Waals surface area contributed by atoms with E-state index < -0.39 is 10.0 Å². The largest absolute Gasteiger partial charge is 0.328 e. The number of nitrogens with zero attached hydrogens (tertiary/aromatic N) is 1. The molecule has 0 atom stereocenters. The molecule has 7 heteroatoms. The lowest BCUT2D eigenvalue weighted by Crippen LogP contribution is -3.13. The van der Waals surface area contributed by atoms with Crippen LogP contribution in [0.25, 0.3) is 6.08 Å². The molecule has 3 rings (SSSR count). The van der Waals surface area contributed by atoms with Crippen LogP contribution in [0, 0.1) is 0 Å². The lowest BCUT2D eigenvalue weighted by atomic mass is 10.2. The minimum Gasteiger partial charge on any atom is -0.328 e. The molecule has 4 nitrogen and oxygen atoms in total. The SMILES string of the molecule is O=S(=O)(/C=C/c1ccccc1)N1CC[NH+](Cc2ccc(Cl)s2)CC1. The maximum absolute atomic E-state index is 12.4. The molecule has 0 radical (unpaired) electrons. The van der Waals surface area contributed by atoms with Crippen LogP contribution in [0.5, 0.6) is 0 Å². The third-order valence-corrected chi connectivity index (χ3v) is 6.87. The molecule has 1 fully saturated rings. The van der Waals surface area contributed by atoms with Gasteiger partial charge in [-0.25, -0.2) is 8.42 Å². The fourth-order valence-electron chi connectivity index (χ4n) is 2.74. The van der Waals surface area contributed by atoms with Gasteiger partial charge in [-0.1, -0.05) is 41.9 Å². The first kappa shape index (κ1) is 17.6. The Kier molecular flexibility index (Phi) is 5.73. The van der Waals surface area contributed by atoms with Crippen LogP contribution in [0.2, 0.25) is 4.34 Å². The summed E-state index contributed by atoms with van der Waals surface area (Å²) in [4.78, 5) is 2.64. The van der Waals surface area contributed by atoms with Crippen molar-refractivity contribution in [1.29, 1.82) is 0 Å². The van der Waals surface area contributed by atoms with Crippen molar-refractivity contribution in [1.82, 2.24) is 4.31 Å².